The monoisotopic (exact) mass is 247 g/mol. The van der Waals surface area contributed by atoms with Crippen molar-refractivity contribution in [2.45, 2.75) is 39.2 Å². The first-order chi connectivity index (χ1) is 7.12. The average molecular weight is 247 g/mol. The normalized spacial score (nSPS) is 19.7. The molecule has 0 aromatic rings. The summed E-state index contributed by atoms with van der Waals surface area (Å²) in [6.07, 6.45) is 3.00. The van der Waals surface area contributed by atoms with Crippen molar-refractivity contribution in [2.24, 2.45) is 5.41 Å². The number of thioether (sulfide) groups is 1. The third-order valence-corrected chi connectivity index (χ3v) is 4.62. The van der Waals surface area contributed by atoms with Gasteiger partial charge in [0.1, 0.15) is 0 Å². The zero-order chi connectivity index (χ0) is 11.3. The molecule has 1 unspecified atom stereocenters. The van der Waals surface area contributed by atoms with Gasteiger partial charge >= 0.3 is 0 Å². The highest BCUT2D eigenvalue weighted by Gasteiger charge is 2.42. The van der Waals surface area contributed by atoms with E-state index >= 15 is 0 Å². The highest BCUT2D eigenvalue weighted by atomic mass is 32.2. The van der Waals surface area contributed by atoms with Gasteiger partial charge in [-0.2, -0.15) is 24.4 Å². The van der Waals surface area contributed by atoms with Gasteiger partial charge in [0.25, 0.3) is 0 Å². The van der Waals surface area contributed by atoms with Crippen LogP contribution in [0.2, 0.25) is 0 Å². The van der Waals surface area contributed by atoms with Gasteiger partial charge in [0, 0.05) is 18.2 Å². The number of carbonyl (C=O) groups is 1. The van der Waals surface area contributed by atoms with Gasteiger partial charge in [-0.1, -0.05) is 6.92 Å². The van der Waals surface area contributed by atoms with Crippen molar-refractivity contribution >= 4 is 30.3 Å². The molecule has 1 fully saturated rings. The van der Waals surface area contributed by atoms with Gasteiger partial charge in [0.15, 0.2) is 0 Å². The van der Waals surface area contributed by atoms with Gasteiger partial charge in [-0.3, -0.25) is 4.79 Å². The smallest absolute Gasteiger partial charge is 0.220 e. The maximum Gasteiger partial charge on any atom is 0.220 e. The minimum absolute atomic E-state index is 0.200. The lowest BCUT2D eigenvalue weighted by molar-refractivity contribution is -0.122. The number of hydrogen-bond donors (Lipinski definition) is 2. The first-order valence-electron chi connectivity index (χ1n) is 5.60. The molecule has 4 heteroatoms. The van der Waals surface area contributed by atoms with Crippen molar-refractivity contribution < 1.29 is 4.79 Å². The van der Waals surface area contributed by atoms with E-state index in [1.54, 1.807) is 0 Å². The van der Waals surface area contributed by atoms with E-state index in [9.17, 15) is 4.79 Å². The Morgan fingerprint density at radius 3 is 2.73 bits per heavy atom. The molecule has 1 saturated carbocycles. The Hall–Kier alpha value is 0.170. The summed E-state index contributed by atoms with van der Waals surface area (Å²) >= 11 is 6.17. The summed E-state index contributed by atoms with van der Waals surface area (Å²) in [5, 5.41) is 3.05. The van der Waals surface area contributed by atoms with E-state index in [4.69, 9.17) is 0 Å². The molecule has 1 atom stereocenters. The van der Waals surface area contributed by atoms with Crippen LogP contribution >= 0.6 is 24.4 Å². The second kappa shape index (κ2) is 6.04. The number of carbonyl (C=O) groups excluding carboxylic acids is 1. The zero-order valence-electron chi connectivity index (χ0n) is 9.58. The molecule has 0 bridgehead atoms. The van der Waals surface area contributed by atoms with E-state index < -0.39 is 0 Å². The fraction of sp³-hybridized carbons (Fsp3) is 0.909. The Morgan fingerprint density at radius 2 is 2.27 bits per heavy atom. The molecule has 1 rings (SSSR count). The van der Waals surface area contributed by atoms with Crippen LogP contribution in [-0.2, 0) is 4.79 Å². The van der Waals surface area contributed by atoms with E-state index in [2.05, 4.69) is 31.8 Å². The summed E-state index contributed by atoms with van der Waals surface area (Å²) < 4.78 is 0. The van der Waals surface area contributed by atoms with Crippen molar-refractivity contribution in [3.05, 3.63) is 0 Å². The van der Waals surface area contributed by atoms with Crippen molar-refractivity contribution in [3.63, 3.8) is 0 Å². The fourth-order valence-electron chi connectivity index (χ4n) is 1.57. The predicted molar refractivity (Wildman–Crippen MR) is 70.7 cm³/mol. The fourth-order valence-corrected chi connectivity index (χ4v) is 2.67. The van der Waals surface area contributed by atoms with Crippen LogP contribution in [0.1, 0.15) is 33.1 Å². The minimum atomic E-state index is 0.200. The Balaban J connectivity index is 2.18. The summed E-state index contributed by atoms with van der Waals surface area (Å²) in [6, 6.07) is 0.290. The number of nitrogens with one attached hydrogen (secondary N) is 1. The van der Waals surface area contributed by atoms with Gasteiger partial charge in [0.05, 0.1) is 0 Å². The quantitative estimate of drug-likeness (QED) is 0.676. The first-order valence-corrected chi connectivity index (χ1v) is 7.38. The molecule has 0 spiro atoms. The SMILES string of the molecule is CCSCC(C)NC(=O)CC1(CS)CC1. The number of amides is 1. The molecule has 0 saturated heterocycles. The maximum atomic E-state index is 11.7. The zero-order valence-corrected chi connectivity index (χ0v) is 11.3. The molecule has 0 heterocycles. The molecule has 1 aliphatic rings. The van der Waals surface area contributed by atoms with E-state index in [-0.39, 0.29) is 17.4 Å². The van der Waals surface area contributed by atoms with Gasteiger partial charge in [-0.05, 0) is 36.7 Å². The molecule has 0 aromatic carbocycles. The largest absolute Gasteiger partial charge is 0.353 e. The summed E-state index contributed by atoms with van der Waals surface area (Å²) in [5.41, 5.74) is 0.241. The maximum absolute atomic E-state index is 11.7. The molecule has 1 aliphatic carbocycles. The molecular weight excluding hydrogens is 226 g/mol. The van der Waals surface area contributed by atoms with Crippen LogP contribution in [0, 0.1) is 5.41 Å². The number of rotatable bonds is 7. The van der Waals surface area contributed by atoms with Crippen molar-refractivity contribution in [2.75, 3.05) is 17.3 Å². The van der Waals surface area contributed by atoms with Crippen LogP contribution in [0.15, 0.2) is 0 Å². The Morgan fingerprint density at radius 1 is 1.60 bits per heavy atom. The number of thiol groups is 1. The van der Waals surface area contributed by atoms with E-state index in [0.717, 1.165) is 17.3 Å². The lowest BCUT2D eigenvalue weighted by Gasteiger charge is -2.16. The van der Waals surface area contributed by atoms with Gasteiger partial charge in [-0.15, -0.1) is 0 Å². The molecule has 0 aliphatic heterocycles. The van der Waals surface area contributed by atoms with Crippen molar-refractivity contribution in [3.8, 4) is 0 Å². The molecular formula is C11H21NOS2. The lowest BCUT2D eigenvalue weighted by Crippen LogP contribution is -2.35. The second-order valence-electron chi connectivity index (χ2n) is 4.46. The van der Waals surface area contributed by atoms with E-state index in [1.807, 2.05) is 11.8 Å². The first kappa shape index (κ1) is 13.2. The third kappa shape index (κ3) is 4.68. The van der Waals surface area contributed by atoms with Crippen LogP contribution in [0.25, 0.3) is 0 Å². The summed E-state index contributed by atoms with van der Waals surface area (Å²) in [5.74, 6) is 3.17. The number of hydrogen-bond acceptors (Lipinski definition) is 3. The lowest BCUT2D eigenvalue weighted by atomic mass is 10.1. The van der Waals surface area contributed by atoms with Crippen molar-refractivity contribution in [1.29, 1.82) is 0 Å². The molecule has 1 N–H and O–H groups in total. The topological polar surface area (TPSA) is 29.1 Å². The van der Waals surface area contributed by atoms with Crippen LogP contribution < -0.4 is 5.32 Å². The summed E-state index contributed by atoms with van der Waals surface area (Å²) in [7, 11) is 0. The highest BCUT2D eigenvalue weighted by Crippen LogP contribution is 2.49. The van der Waals surface area contributed by atoms with Crippen LogP contribution in [0.4, 0.5) is 0 Å². The standard InChI is InChI=1S/C11H21NOS2/c1-3-15-7-9(2)12-10(13)6-11(8-14)4-5-11/h9,14H,3-8H2,1-2H3,(H,12,13). The average Bonchev–Trinajstić information content (AvgIpc) is 2.95. The van der Waals surface area contributed by atoms with Gasteiger partial charge < -0.3 is 5.32 Å². The van der Waals surface area contributed by atoms with E-state index in [0.29, 0.717) is 6.42 Å². The molecule has 1 amide bonds. The molecule has 15 heavy (non-hydrogen) atoms. The Labute approximate surface area is 102 Å². The predicted octanol–water partition coefficient (Wildman–Crippen LogP) is 2.34. The van der Waals surface area contributed by atoms with Crippen LogP contribution in [0.3, 0.4) is 0 Å². The van der Waals surface area contributed by atoms with Gasteiger partial charge in [0.2, 0.25) is 5.91 Å². The highest BCUT2D eigenvalue weighted by molar-refractivity contribution is 7.99. The van der Waals surface area contributed by atoms with E-state index in [1.165, 1.54) is 12.8 Å². The minimum Gasteiger partial charge on any atom is -0.353 e. The Kier molecular flexibility index (Phi) is 5.33. The molecule has 2 nitrogen and oxygen atoms in total. The molecule has 0 aromatic heterocycles. The van der Waals surface area contributed by atoms with Gasteiger partial charge in [-0.25, -0.2) is 0 Å². The van der Waals surface area contributed by atoms with Crippen LogP contribution in [-0.4, -0.2) is 29.2 Å². The summed E-state index contributed by atoms with van der Waals surface area (Å²) in [6.45, 7) is 4.21. The van der Waals surface area contributed by atoms with Crippen LogP contribution in [0.5, 0.6) is 0 Å². The Bertz CT molecular complexity index is 217. The molecule has 0 radical (unpaired) electrons. The third-order valence-electron chi connectivity index (χ3n) is 2.81. The van der Waals surface area contributed by atoms with Crippen molar-refractivity contribution in [1.82, 2.24) is 5.32 Å². The summed E-state index contributed by atoms with van der Waals surface area (Å²) in [4.78, 5) is 11.7. The second-order valence-corrected chi connectivity index (χ2v) is 6.10. The molecule has 88 valence electrons.